The van der Waals surface area contributed by atoms with Crippen LogP contribution in [0.5, 0.6) is 0 Å². The lowest BCUT2D eigenvalue weighted by Gasteiger charge is -2.38. The van der Waals surface area contributed by atoms with Gasteiger partial charge in [-0.15, -0.1) is 23.2 Å². The predicted octanol–water partition coefficient (Wildman–Crippen LogP) is 3.53. The van der Waals surface area contributed by atoms with E-state index < -0.39 is 10.9 Å². The van der Waals surface area contributed by atoms with Gasteiger partial charge in [-0.2, -0.15) is 0 Å². The molecule has 22 heavy (non-hydrogen) atoms. The molecule has 0 bridgehead atoms. The lowest BCUT2D eigenvalue weighted by atomic mass is 9.82. The van der Waals surface area contributed by atoms with Crippen LogP contribution in [0.25, 0.3) is 5.57 Å². The minimum Gasteiger partial charge on any atom is -0.457 e. The fraction of sp³-hybridized carbons (Fsp3) is 0.400. The Balaban J connectivity index is 1.96. The number of carbonyl (C=O) groups is 1. The standard InChI is InChI=1S/C15H13Cl2NO4/c16-10-4-9-6-12(15(19)22-14(9)13(17)7-10)8-2-1-3-11(5-8)18(20)21/h1-3,5-6,9-10,13-14H,4,7H2. The molecule has 3 rings (SSSR count). The van der Waals surface area contributed by atoms with E-state index in [1.807, 2.05) is 0 Å². The van der Waals surface area contributed by atoms with Crippen molar-refractivity contribution < 1.29 is 14.5 Å². The van der Waals surface area contributed by atoms with Crippen molar-refractivity contribution in [1.82, 2.24) is 0 Å². The second-order valence-electron chi connectivity index (χ2n) is 5.51. The summed E-state index contributed by atoms with van der Waals surface area (Å²) in [6.45, 7) is 0. The Kier molecular flexibility index (Phi) is 4.10. The maximum Gasteiger partial charge on any atom is 0.338 e. The lowest BCUT2D eigenvalue weighted by molar-refractivity contribution is -0.384. The first-order valence-electron chi connectivity index (χ1n) is 6.91. The van der Waals surface area contributed by atoms with E-state index in [9.17, 15) is 14.9 Å². The number of non-ortho nitro benzene ring substituents is 1. The van der Waals surface area contributed by atoms with Gasteiger partial charge in [0, 0.05) is 23.4 Å². The lowest BCUT2D eigenvalue weighted by Crippen LogP contribution is -2.43. The highest BCUT2D eigenvalue weighted by molar-refractivity contribution is 6.25. The molecule has 7 heteroatoms. The quantitative estimate of drug-likeness (QED) is 0.357. The Morgan fingerprint density at radius 1 is 1.27 bits per heavy atom. The molecule has 116 valence electrons. The summed E-state index contributed by atoms with van der Waals surface area (Å²) in [5.74, 6) is -0.564. The van der Waals surface area contributed by atoms with Gasteiger partial charge in [0.15, 0.2) is 0 Å². The molecule has 1 aromatic carbocycles. The van der Waals surface area contributed by atoms with E-state index in [2.05, 4.69) is 0 Å². The van der Waals surface area contributed by atoms with Crippen LogP contribution in [-0.2, 0) is 9.53 Å². The van der Waals surface area contributed by atoms with Crippen molar-refractivity contribution in [2.24, 2.45) is 5.92 Å². The van der Waals surface area contributed by atoms with Gasteiger partial charge in [0.1, 0.15) is 6.10 Å². The van der Waals surface area contributed by atoms with Gasteiger partial charge in [0.25, 0.3) is 5.69 Å². The smallest absolute Gasteiger partial charge is 0.338 e. The van der Waals surface area contributed by atoms with Crippen LogP contribution in [0.4, 0.5) is 5.69 Å². The molecule has 0 aromatic heterocycles. The molecule has 5 nitrogen and oxygen atoms in total. The first-order valence-corrected chi connectivity index (χ1v) is 7.79. The molecule has 4 atom stereocenters. The van der Waals surface area contributed by atoms with E-state index in [0.29, 0.717) is 24.0 Å². The van der Waals surface area contributed by atoms with Crippen molar-refractivity contribution in [3.8, 4) is 0 Å². The first kappa shape index (κ1) is 15.3. The van der Waals surface area contributed by atoms with Gasteiger partial charge in [-0.3, -0.25) is 10.1 Å². The molecule has 1 heterocycles. The van der Waals surface area contributed by atoms with Gasteiger partial charge < -0.3 is 4.74 Å². The van der Waals surface area contributed by atoms with Crippen molar-refractivity contribution >= 4 is 40.4 Å². The Labute approximate surface area is 137 Å². The van der Waals surface area contributed by atoms with E-state index in [-0.39, 0.29) is 28.5 Å². The Morgan fingerprint density at radius 2 is 2.05 bits per heavy atom. The zero-order valence-electron chi connectivity index (χ0n) is 11.4. The number of nitro benzene ring substituents is 1. The number of carbonyl (C=O) groups excluding carboxylic acids is 1. The van der Waals surface area contributed by atoms with Gasteiger partial charge in [-0.1, -0.05) is 18.2 Å². The third-order valence-electron chi connectivity index (χ3n) is 4.00. The van der Waals surface area contributed by atoms with Gasteiger partial charge in [0.2, 0.25) is 0 Å². The van der Waals surface area contributed by atoms with Crippen LogP contribution < -0.4 is 0 Å². The fourth-order valence-corrected chi connectivity index (χ4v) is 3.91. The molecule has 2 aliphatic rings. The van der Waals surface area contributed by atoms with Crippen LogP contribution in [0.2, 0.25) is 0 Å². The Bertz CT molecular complexity index is 661. The summed E-state index contributed by atoms with van der Waals surface area (Å²) in [4.78, 5) is 22.6. The van der Waals surface area contributed by atoms with Crippen molar-refractivity contribution in [3.05, 3.63) is 46.0 Å². The van der Waals surface area contributed by atoms with E-state index in [0.717, 1.165) is 0 Å². The monoisotopic (exact) mass is 341 g/mol. The number of hydrogen-bond acceptors (Lipinski definition) is 4. The summed E-state index contributed by atoms with van der Waals surface area (Å²) in [5, 5.41) is 10.5. The number of hydrogen-bond donors (Lipinski definition) is 0. The maximum absolute atomic E-state index is 12.2. The summed E-state index contributed by atoms with van der Waals surface area (Å²) in [7, 11) is 0. The van der Waals surface area contributed by atoms with Gasteiger partial charge >= 0.3 is 5.97 Å². The number of fused-ring (bicyclic) bond motifs is 1. The second-order valence-corrected chi connectivity index (χ2v) is 6.68. The molecular formula is C15H13Cl2NO4. The number of ether oxygens (including phenoxy) is 1. The molecule has 0 saturated heterocycles. The zero-order chi connectivity index (χ0) is 15.9. The zero-order valence-corrected chi connectivity index (χ0v) is 13.0. The molecule has 1 aliphatic carbocycles. The average molecular weight is 342 g/mol. The van der Waals surface area contributed by atoms with Crippen LogP contribution >= 0.6 is 23.2 Å². The summed E-state index contributed by atoms with van der Waals surface area (Å²) < 4.78 is 5.45. The van der Waals surface area contributed by atoms with Crippen molar-refractivity contribution in [2.45, 2.75) is 29.7 Å². The van der Waals surface area contributed by atoms with Gasteiger partial charge in [-0.25, -0.2) is 4.79 Å². The number of alkyl halides is 2. The molecule has 1 aromatic rings. The third kappa shape index (κ3) is 2.83. The molecular weight excluding hydrogens is 329 g/mol. The minimum atomic E-state index is -0.500. The van der Waals surface area contributed by atoms with Crippen LogP contribution in [0.1, 0.15) is 18.4 Å². The second kappa shape index (κ2) is 5.89. The third-order valence-corrected chi connectivity index (χ3v) is 4.78. The molecule has 1 fully saturated rings. The molecule has 4 unspecified atom stereocenters. The minimum absolute atomic E-state index is 0.0642. The van der Waals surface area contributed by atoms with Gasteiger partial charge in [-0.05, 0) is 18.4 Å². The molecule has 0 N–H and O–H groups in total. The normalized spacial score (nSPS) is 31.0. The predicted molar refractivity (Wildman–Crippen MR) is 83.0 cm³/mol. The maximum atomic E-state index is 12.2. The first-order chi connectivity index (χ1) is 10.5. The topological polar surface area (TPSA) is 69.4 Å². The Hall–Kier alpha value is -1.59. The molecule has 1 saturated carbocycles. The van der Waals surface area contributed by atoms with E-state index >= 15 is 0 Å². The molecule has 0 radical (unpaired) electrons. The highest BCUT2D eigenvalue weighted by Gasteiger charge is 2.41. The summed E-state index contributed by atoms with van der Waals surface area (Å²) in [6.07, 6.45) is 2.67. The fourth-order valence-electron chi connectivity index (χ4n) is 2.97. The van der Waals surface area contributed by atoms with Crippen LogP contribution in [0, 0.1) is 16.0 Å². The van der Waals surface area contributed by atoms with Crippen LogP contribution in [-0.4, -0.2) is 27.8 Å². The van der Waals surface area contributed by atoms with E-state index in [4.69, 9.17) is 27.9 Å². The molecule has 1 aliphatic heterocycles. The number of nitro groups is 1. The number of benzene rings is 1. The van der Waals surface area contributed by atoms with Crippen molar-refractivity contribution in [1.29, 1.82) is 0 Å². The average Bonchev–Trinajstić information content (AvgIpc) is 2.47. The van der Waals surface area contributed by atoms with Crippen LogP contribution in [0.3, 0.4) is 0 Å². The number of nitrogens with zero attached hydrogens (tertiary/aromatic N) is 1. The van der Waals surface area contributed by atoms with Gasteiger partial charge in [0.05, 0.1) is 15.9 Å². The SMILES string of the molecule is O=C1OC2C(Cl)CC(Cl)CC2C=C1c1cccc([N+](=O)[O-])c1. The molecule has 0 spiro atoms. The Morgan fingerprint density at radius 3 is 2.77 bits per heavy atom. The van der Waals surface area contributed by atoms with Crippen LogP contribution in [0.15, 0.2) is 30.3 Å². The molecule has 0 amide bonds. The number of esters is 1. The van der Waals surface area contributed by atoms with E-state index in [1.165, 1.54) is 12.1 Å². The summed E-state index contributed by atoms with van der Waals surface area (Å²) in [6, 6.07) is 5.95. The van der Waals surface area contributed by atoms with Crippen molar-refractivity contribution in [2.75, 3.05) is 0 Å². The summed E-state index contributed by atoms with van der Waals surface area (Å²) in [5.41, 5.74) is 0.738. The number of halogens is 2. The highest BCUT2D eigenvalue weighted by atomic mass is 35.5. The summed E-state index contributed by atoms with van der Waals surface area (Å²) >= 11 is 12.4. The van der Waals surface area contributed by atoms with Crippen molar-refractivity contribution in [3.63, 3.8) is 0 Å². The highest BCUT2D eigenvalue weighted by Crippen LogP contribution is 2.39. The van der Waals surface area contributed by atoms with E-state index in [1.54, 1.807) is 18.2 Å². The number of rotatable bonds is 2. The largest absolute Gasteiger partial charge is 0.457 e.